The summed E-state index contributed by atoms with van der Waals surface area (Å²) in [6, 6.07) is 12.3. The zero-order valence-corrected chi connectivity index (χ0v) is 13.5. The standard InChI is InChI=1S/C15H10Cl2N2O2S/c16-9-5-6-10(17)12(7-9)18-14(20)8-22-15-19-11-3-1-2-4-13(11)21-15/h1-7H,8H2,(H,18,20). The lowest BCUT2D eigenvalue weighted by atomic mass is 10.3. The second kappa shape index (κ2) is 6.60. The minimum absolute atomic E-state index is 0.162. The number of carbonyl (C=O) groups is 1. The average molecular weight is 353 g/mol. The van der Waals surface area contributed by atoms with Crippen molar-refractivity contribution in [2.24, 2.45) is 0 Å². The number of hydrogen-bond donors (Lipinski definition) is 1. The highest BCUT2D eigenvalue weighted by Gasteiger charge is 2.11. The van der Waals surface area contributed by atoms with E-state index in [1.165, 1.54) is 11.8 Å². The highest BCUT2D eigenvalue weighted by Crippen LogP contribution is 2.26. The normalized spacial score (nSPS) is 10.8. The van der Waals surface area contributed by atoms with Crippen molar-refractivity contribution in [2.75, 3.05) is 11.1 Å². The molecule has 22 heavy (non-hydrogen) atoms. The molecule has 3 aromatic rings. The van der Waals surface area contributed by atoms with E-state index in [0.29, 0.717) is 26.5 Å². The molecule has 0 saturated heterocycles. The smallest absolute Gasteiger partial charge is 0.257 e. The molecule has 0 bridgehead atoms. The summed E-state index contributed by atoms with van der Waals surface area (Å²) in [5, 5.41) is 4.10. The fraction of sp³-hybridized carbons (Fsp3) is 0.0667. The number of oxazole rings is 1. The fourth-order valence-corrected chi connectivity index (χ4v) is 2.79. The number of para-hydroxylation sites is 2. The van der Waals surface area contributed by atoms with Crippen LogP contribution in [0.4, 0.5) is 5.69 Å². The summed E-state index contributed by atoms with van der Waals surface area (Å²) in [6.07, 6.45) is 0. The van der Waals surface area contributed by atoms with Gasteiger partial charge in [-0.2, -0.15) is 0 Å². The summed E-state index contributed by atoms with van der Waals surface area (Å²) in [6.45, 7) is 0. The molecule has 1 aromatic heterocycles. The van der Waals surface area contributed by atoms with Gasteiger partial charge in [0.1, 0.15) is 5.52 Å². The molecular formula is C15H10Cl2N2O2S. The Hall–Kier alpha value is -1.69. The Balaban J connectivity index is 1.63. The van der Waals surface area contributed by atoms with Gasteiger partial charge >= 0.3 is 0 Å². The molecule has 0 radical (unpaired) electrons. The predicted octanol–water partition coefficient (Wildman–Crippen LogP) is 4.87. The third kappa shape index (κ3) is 3.55. The number of amides is 1. The second-order valence-corrected chi connectivity index (χ2v) is 6.18. The molecule has 1 amide bonds. The molecule has 3 rings (SSSR count). The van der Waals surface area contributed by atoms with Crippen molar-refractivity contribution in [1.82, 2.24) is 4.98 Å². The molecule has 1 N–H and O–H groups in total. The maximum atomic E-state index is 12.0. The van der Waals surface area contributed by atoms with Crippen molar-refractivity contribution < 1.29 is 9.21 Å². The molecular weight excluding hydrogens is 343 g/mol. The summed E-state index contributed by atoms with van der Waals surface area (Å²) in [7, 11) is 0. The Morgan fingerprint density at radius 2 is 2.05 bits per heavy atom. The number of nitrogens with one attached hydrogen (secondary N) is 1. The number of anilines is 1. The lowest BCUT2D eigenvalue weighted by Crippen LogP contribution is -2.14. The number of carbonyl (C=O) groups excluding carboxylic acids is 1. The van der Waals surface area contributed by atoms with E-state index in [4.69, 9.17) is 27.6 Å². The SMILES string of the molecule is O=C(CSc1nc2ccccc2o1)Nc1cc(Cl)ccc1Cl. The molecule has 0 aliphatic rings. The van der Waals surface area contributed by atoms with Crippen LogP contribution in [0.5, 0.6) is 0 Å². The molecule has 0 atom stereocenters. The maximum Gasteiger partial charge on any atom is 0.257 e. The molecule has 4 nitrogen and oxygen atoms in total. The molecule has 0 saturated carbocycles. The third-order valence-electron chi connectivity index (χ3n) is 2.80. The highest BCUT2D eigenvalue weighted by molar-refractivity contribution is 7.99. The summed E-state index contributed by atoms with van der Waals surface area (Å²) >= 11 is 13.1. The maximum absolute atomic E-state index is 12.0. The van der Waals surface area contributed by atoms with Crippen LogP contribution in [-0.2, 0) is 4.79 Å². The van der Waals surface area contributed by atoms with E-state index in [9.17, 15) is 4.79 Å². The van der Waals surface area contributed by atoms with Crippen LogP contribution in [0, 0.1) is 0 Å². The largest absolute Gasteiger partial charge is 0.431 e. The van der Waals surface area contributed by atoms with Crippen molar-refractivity contribution >= 4 is 57.7 Å². The van der Waals surface area contributed by atoms with E-state index >= 15 is 0 Å². The summed E-state index contributed by atoms with van der Waals surface area (Å²) in [4.78, 5) is 16.3. The molecule has 0 spiro atoms. The number of aromatic nitrogens is 1. The quantitative estimate of drug-likeness (QED) is 0.680. The highest BCUT2D eigenvalue weighted by atomic mass is 35.5. The minimum atomic E-state index is -0.212. The van der Waals surface area contributed by atoms with Gasteiger partial charge in [0.15, 0.2) is 5.58 Å². The Labute approximate surface area is 140 Å². The van der Waals surface area contributed by atoms with E-state index in [1.807, 2.05) is 24.3 Å². The third-order valence-corrected chi connectivity index (χ3v) is 4.20. The number of halogens is 2. The van der Waals surface area contributed by atoms with Crippen LogP contribution in [0.25, 0.3) is 11.1 Å². The van der Waals surface area contributed by atoms with Crippen molar-refractivity contribution in [2.45, 2.75) is 5.22 Å². The van der Waals surface area contributed by atoms with Crippen LogP contribution in [0.1, 0.15) is 0 Å². The van der Waals surface area contributed by atoms with E-state index in [2.05, 4.69) is 10.3 Å². The zero-order valence-electron chi connectivity index (χ0n) is 11.2. The van der Waals surface area contributed by atoms with Gasteiger partial charge in [0.25, 0.3) is 5.22 Å². The van der Waals surface area contributed by atoms with Crippen LogP contribution in [0.3, 0.4) is 0 Å². The Bertz CT molecular complexity index is 802. The molecule has 7 heteroatoms. The number of nitrogens with zero attached hydrogens (tertiary/aromatic N) is 1. The minimum Gasteiger partial charge on any atom is -0.431 e. The zero-order chi connectivity index (χ0) is 15.5. The van der Waals surface area contributed by atoms with Crippen molar-refractivity contribution in [1.29, 1.82) is 0 Å². The average Bonchev–Trinajstić information content (AvgIpc) is 2.92. The number of benzene rings is 2. The monoisotopic (exact) mass is 352 g/mol. The van der Waals surface area contributed by atoms with Gasteiger partial charge < -0.3 is 9.73 Å². The lowest BCUT2D eigenvalue weighted by Gasteiger charge is -2.06. The van der Waals surface area contributed by atoms with Gasteiger partial charge in [-0.05, 0) is 30.3 Å². The van der Waals surface area contributed by atoms with Crippen LogP contribution in [0.15, 0.2) is 52.1 Å². The van der Waals surface area contributed by atoms with Gasteiger partial charge in [0.2, 0.25) is 5.91 Å². The molecule has 2 aromatic carbocycles. The van der Waals surface area contributed by atoms with Gasteiger partial charge in [0, 0.05) is 5.02 Å². The van der Waals surface area contributed by atoms with Crippen LogP contribution < -0.4 is 5.32 Å². The molecule has 0 fully saturated rings. The number of fused-ring (bicyclic) bond motifs is 1. The first-order valence-corrected chi connectivity index (χ1v) is 8.09. The molecule has 112 valence electrons. The van der Waals surface area contributed by atoms with Crippen LogP contribution in [0.2, 0.25) is 10.0 Å². The first-order valence-electron chi connectivity index (χ1n) is 6.35. The summed E-state index contributed by atoms with van der Waals surface area (Å²) < 4.78 is 5.54. The van der Waals surface area contributed by atoms with Gasteiger partial charge in [-0.15, -0.1) is 0 Å². The Morgan fingerprint density at radius 1 is 1.23 bits per heavy atom. The summed E-state index contributed by atoms with van der Waals surface area (Å²) in [5.41, 5.74) is 1.95. The first-order chi connectivity index (χ1) is 10.6. The molecule has 0 unspecified atom stereocenters. The van der Waals surface area contributed by atoms with Crippen molar-refractivity contribution in [3.63, 3.8) is 0 Å². The number of rotatable bonds is 4. The topological polar surface area (TPSA) is 55.1 Å². The van der Waals surface area contributed by atoms with Gasteiger partial charge in [-0.25, -0.2) is 4.98 Å². The molecule has 0 aliphatic carbocycles. The van der Waals surface area contributed by atoms with Gasteiger partial charge in [-0.3, -0.25) is 4.79 Å². The Kier molecular flexibility index (Phi) is 4.57. The van der Waals surface area contributed by atoms with Crippen molar-refractivity contribution in [3.05, 3.63) is 52.5 Å². The van der Waals surface area contributed by atoms with E-state index in [0.717, 1.165) is 5.52 Å². The number of hydrogen-bond acceptors (Lipinski definition) is 4. The van der Waals surface area contributed by atoms with Crippen molar-refractivity contribution in [3.8, 4) is 0 Å². The predicted molar refractivity (Wildman–Crippen MR) is 89.8 cm³/mol. The molecule has 1 heterocycles. The van der Waals surface area contributed by atoms with Crippen LogP contribution >= 0.6 is 35.0 Å². The van der Waals surface area contributed by atoms with E-state index < -0.39 is 0 Å². The van der Waals surface area contributed by atoms with E-state index in [1.54, 1.807) is 18.2 Å². The van der Waals surface area contributed by atoms with Gasteiger partial charge in [-0.1, -0.05) is 47.1 Å². The fourth-order valence-electron chi connectivity index (χ4n) is 1.82. The van der Waals surface area contributed by atoms with Gasteiger partial charge in [0.05, 0.1) is 16.5 Å². The second-order valence-electron chi connectivity index (χ2n) is 4.41. The van der Waals surface area contributed by atoms with Crippen LogP contribution in [-0.4, -0.2) is 16.6 Å². The first kappa shape index (κ1) is 15.2. The Morgan fingerprint density at radius 3 is 2.86 bits per heavy atom. The summed E-state index contributed by atoms with van der Waals surface area (Å²) in [5.74, 6) is -0.0493. The van der Waals surface area contributed by atoms with E-state index in [-0.39, 0.29) is 11.7 Å². The molecule has 0 aliphatic heterocycles. The number of thioether (sulfide) groups is 1. The lowest BCUT2D eigenvalue weighted by molar-refractivity contribution is -0.113.